The van der Waals surface area contributed by atoms with Crippen LogP contribution in [0.3, 0.4) is 0 Å². The molecule has 2 saturated carbocycles. The monoisotopic (exact) mass is 769 g/mol. The summed E-state index contributed by atoms with van der Waals surface area (Å²) in [4.78, 5) is 32.2. The molecule has 3 heterocycles. The van der Waals surface area contributed by atoms with Gasteiger partial charge in [0, 0.05) is 50.0 Å². The number of primary amides is 1. The van der Waals surface area contributed by atoms with Gasteiger partial charge in [0.05, 0.1) is 24.1 Å². The fourth-order valence-corrected chi connectivity index (χ4v) is 9.90. The van der Waals surface area contributed by atoms with Crippen molar-refractivity contribution in [2.45, 2.75) is 129 Å². The van der Waals surface area contributed by atoms with Crippen LogP contribution in [-0.2, 0) is 34.0 Å². The number of hydrogen-bond acceptors (Lipinski definition) is 7. The van der Waals surface area contributed by atoms with Crippen molar-refractivity contribution < 1.29 is 23.3 Å². The lowest BCUT2D eigenvalue weighted by molar-refractivity contribution is -0.120. The van der Waals surface area contributed by atoms with Crippen LogP contribution in [0.25, 0.3) is 11.1 Å². The summed E-state index contributed by atoms with van der Waals surface area (Å²) < 4.78 is 37.0. The number of amides is 2. The number of carbonyl (C=O) groups excluding carboxylic acids is 2. The number of aromatic nitrogens is 5. The molecule has 0 saturated heterocycles. The lowest BCUT2D eigenvalue weighted by Gasteiger charge is -2.41. The van der Waals surface area contributed by atoms with Gasteiger partial charge in [-0.3, -0.25) is 14.3 Å². The Bertz CT molecular complexity index is 1680. The second kappa shape index (κ2) is 18.5. The van der Waals surface area contributed by atoms with Gasteiger partial charge in [0.1, 0.15) is 24.0 Å². The minimum atomic E-state index is -1.24. The summed E-state index contributed by atoms with van der Waals surface area (Å²) in [5.41, 5.74) is 9.16. The first-order valence-corrected chi connectivity index (χ1v) is 24.9. The second-order valence-corrected chi connectivity index (χ2v) is 23.6. The molecule has 3 aromatic heterocycles. The number of nitrogens with two attached hydrogens (primary N) is 1. The van der Waals surface area contributed by atoms with E-state index in [9.17, 15) is 14.1 Å². The molecule has 1 unspecified atom stereocenters. The lowest BCUT2D eigenvalue weighted by Crippen LogP contribution is -2.39. The molecule has 53 heavy (non-hydrogen) atoms. The zero-order chi connectivity index (χ0) is 38.3. The number of nitrogens with one attached hydrogen (secondary N) is 1. The van der Waals surface area contributed by atoms with E-state index < -0.39 is 37.0 Å². The van der Waals surface area contributed by atoms with E-state index in [-0.39, 0.29) is 30.1 Å². The Labute approximate surface area is 318 Å². The molecule has 3 N–H and O–H groups in total. The average molecular weight is 770 g/mol. The van der Waals surface area contributed by atoms with Crippen LogP contribution >= 0.6 is 0 Å². The number of nitrogens with zero attached hydrogens (tertiary/aromatic N) is 5. The highest BCUT2D eigenvalue weighted by molar-refractivity contribution is 7.90. The van der Waals surface area contributed by atoms with E-state index in [0.29, 0.717) is 59.5 Å². The number of aryl methyl sites for hydroxylation is 2. The molecule has 2 fully saturated rings. The molecule has 3 aromatic rings. The number of hydrogen-bond donors (Lipinski definition) is 2. The van der Waals surface area contributed by atoms with Gasteiger partial charge in [-0.15, -0.1) is 0 Å². The number of rotatable bonds is 17. The highest BCUT2D eigenvalue weighted by Gasteiger charge is 2.43. The molecule has 2 amide bonds. The van der Waals surface area contributed by atoms with Crippen LogP contribution in [0, 0.1) is 37.5 Å². The maximum atomic E-state index is 16.0. The average Bonchev–Trinajstić information content (AvgIpc) is 3.65. The van der Waals surface area contributed by atoms with E-state index in [0.717, 1.165) is 63.1 Å². The molecule has 2 aliphatic carbocycles. The van der Waals surface area contributed by atoms with E-state index in [2.05, 4.69) is 40.1 Å². The van der Waals surface area contributed by atoms with E-state index >= 15 is 4.39 Å². The van der Waals surface area contributed by atoms with Crippen molar-refractivity contribution in [3.63, 3.8) is 0 Å². The molecule has 0 aromatic carbocycles. The molecule has 0 spiro atoms. The molecule has 11 nitrogen and oxygen atoms in total. The fourth-order valence-electron chi connectivity index (χ4n) is 8.61. The van der Waals surface area contributed by atoms with Crippen LogP contribution < -0.4 is 11.1 Å². The standard InChI is InChI=1S/C39H60FN7O4SSi/c1-26-33(27(2)47(45-26)25-51-21-23-53(4,5)6)30-18-19-32(43-37(30)40)44-39(49)35(31-24-42-46(36(31)38(41)48)20-13-22-52(3)50)34(28-14-9-7-10-15-28)29-16-11-8-12-17-29/h18-19,24,28-29,34-35H,7-17,20-23,25H2,1-6H3,(H2,41,48)(H,43,44,49)/t35-,52?/m1/s1. The van der Waals surface area contributed by atoms with Crippen molar-refractivity contribution in [1.29, 1.82) is 0 Å². The molecule has 292 valence electrons. The number of carbonyl (C=O) groups is 2. The first-order chi connectivity index (χ1) is 25.2. The fraction of sp³-hybridized carbons (Fsp3) is 0.667. The van der Waals surface area contributed by atoms with Gasteiger partial charge < -0.3 is 20.3 Å². The zero-order valence-electron chi connectivity index (χ0n) is 32.6. The molecule has 2 atom stereocenters. The summed E-state index contributed by atoms with van der Waals surface area (Å²) in [6.45, 7) is 11.9. The van der Waals surface area contributed by atoms with Gasteiger partial charge in [0.2, 0.25) is 11.9 Å². The highest BCUT2D eigenvalue weighted by atomic mass is 32.2. The van der Waals surface area contributed by atoms with Gasteiger partial charge in [-0.25, -0.2) is 9.67 Å². The molecule has 14 heteroatoms. The van der Waals surface area contributed by atoms with Gasteiger partial charge in [-0.1, -0.05) is 95.0 Å². The highest BCUT2D eigenvalue weighted by Crippen LogP contribution is 2.48. The molecule has 5 rings (SSSR count). The summed E-state index contributed by atoms with van der Waals surface area (Å²) in [6, 6.07) is 4.32. The van der Waals surface area contributed by atoms with Gasteiger partial charge >= 0.3 is 0 Å². The van der Waals surface area contributed by atoms with Crippen molar-refractivity contribution in [3.05, 3.63) is 46.9 Å². The quantitative estimate of drug-likeness (QED) is 0.0622. The van der Waals surface area contributed by atoms with Crippen molar-refractivity contribution in [2.75, 3.05) is 23.9 Å². The van der Waals surface area contributed by atoms with Crippen molar-refractivity contribution in [3.8, 4) is 11.1 Å². The summed E-state index contributed by atoms with van der Waals surface area (Å²) in [5.74, 6) is -1.31. The van der Waals surface area contributed by atoms with Gasteiger partial charge in [0.25, 0.3) is 5.91 Å². The SMILES string of the molecule is Cc1nn(COCC[Si](C)(C)C)c(C)c1-c1ccc(NC(=O)[C@H](c2cnn(CCC[S+](C)[O-])c2C(N)=O)C(C2CCCCC2)C2CCCCC2)nc1F. The second-order valence-electron chi connectivity index (χ2n) is 16.4. The van der Waals surface area contributed by atoms with Gasteiger partial charge in [0.15, 0.2) is 0 Å². The van der Waals surface area contributed by atoms with Crippen LogP contribution in [0.5, 0.6) is 0 Å². The van der Waals surface area contributed by atoms with Crippen LogP contribution in [0.2, 0.25) is 25.7 Å². The van der Waals surface area contributed by atoms with Crippen molar-refractivity contribution in [1.82, 2.24) is 24.5 Å². The predicted molar refractivity (Wildman–Crippen MR) is 211 cm³/mol. The summed E-state index contributed by atoms with van der Waals surface area (Å²) in [7, 11) is -1.24. The number of halogens is 1. The first-order valence-electron chi connectivity index (χ1n) is 19.5. The van der Waals surface area contributed by atoms with E-state index in [1.54, 1.807) is 33.9 Å². The van der Waals surface area contributed by atoms with Crippen LogP contribution in [0.4, 0.5) is 10.2 Å². The van der Waals surface area contributed by atoms with Crippen LogP contribution in [0.1, 0.15) is 104 Å². The number of ether oxygens (including phenoxy) is 1. The summed E-state index contributed by atoms with van der Waals surface area (Å²) in [5, 5.41) is 12.2. The Hall–Kier alpha value is -3.07. The molecule has 2 aliphatic rings. The van der Waals surface area contributed by atoms with Crippen molar-refractivity contribution in [2.24, 2.45) is 23.5 Å². The Morgan fingerprint density at radius 2 is 1.70 bits per heavy atom. The Balaban J connectivity index is 1.46. The third-order valence-corrected chi connectivity index (χ3v) is 13.8. The molecule has 0 radical (unpaired) electrons. The molecule has 0 aliphatic heterocycles. The minimum absolute atomic E-state index is 0.0392. The Morgan fingerprint density at radius 3 is 2.26 bits per heavy atom. The summed E-state index contributed by atoms with van der Waals surface area (Å²) >= 11 is -0.993. The van der Waals surface area contributed by atoms with E-state index in [1.165, 1.54) is 12.8 Å². The van der Waals surface area contributed by atoms with E-state index in [1.807, 2.05) is 13.8 Å². The topological polar surface area (TPSA) is 153 Å². The maximum absolute atomic E-state index is 16.0. The smallest absolute Gasteiger partial charge is 0.267 e. The Morgan fingerprint density at radius 1 is 1.06 bits per heavy atom. The van der Waals surface area contributed by atoms with Crippen LogP contribution in [0.15, 0.2) is 18.3 Å². The Kier molecular flexibility index (Phi) is 14.4. The largest absolute Gasteiger partial charge is 0.617 e. The third kappa shape index (κ3) is 10.6. The van der Waals surface area contributed by atoms with Gasteiger partial charge in [-0.05, 0) is 49.8 Å². The molecular formula is C39H60FN7O4SSi. The van der Waals surface area contributed by atoms with Crippen LogP contribution in [-0.4, -0.2) is 67.6 Å². The van der Waals surface area contributed by atoms with Gasteiger partial charge in [-0.2, -0.15) is 14.6 Å². The zero-order valence-corrected chi connectivity index (χ0v) is 34.4. The molecule has 0 bridgehead atoms. The first kappa shape index (κ1) is 41.1. The number of pyridine rings is 1. The van der Waals surface area contributed by atoms with Crippen molar-refractivity contribution >= 4 is 36.9 Å². The third-order valence-electron chi connectivity index (χ3n) is 11.3. The summed E-state index contributed by atoms with van der Waals surface area (Å²) in [6.07, 6.45) is 14.7. The van der Waals surface area contributed by atoms with E-state index in [4.69, 9.17) is 10.5 Å². The lowest BCUT2D eigenvalue weighted by atomic mass is 9.63. The maximum Gasteiger partial charge on any atom is 0.267 e. The predicted octanol–water partition coefficient (Wildman–Crippen LogP) is 7.58. The number of anilines is 1. The minimum Gasteiger partial charge on any atom is -0.617 e. The molecular weight excluding hydrogens is 710 g/mol. The normalized spacial score (nSPS) is 17.3.